The fourth-order valence-electron chi connectivity index (χ4n) is 3.60. The highest BCUT2D eigenvalue weighted by Crippen LogP contribution is 2.41. The number of carbonyl (C=O) groups is 2. The molecular weight excluding hydrogens is 356 g/mol. The van der Waals surface area contributed by atoms with E-state index in [1.165, 1.54) is 0 Å². The lowest BCUT2D eigenvalue weighted by molar-refractivity contribution is 0.0242. The number of halogens is 1. The number of rotatable bonds is 1. The molecule has 0 radical (unpaired) electrons. The number of aromatic nitrogens is 2. The standard InChI is InChI=1S/C18H25ClN4O3/c1-17(2,3)26-16(25)23-11-8-18(12-23)6-9-22(10-7-18)15(24)13-4-5-14(19)21-20-13/h4-5H,6-12H2,1-3H3. The molecule has 2 fully saturated rings. The van der Waals surface area contributed by atoms with Crippen LogP contribution in [0.5, 0.6) is 0 Å². The van der Waals surface area contributed by atoms with Gasteiger partial charge in [0.15, 0.2) is 10.8 Å². The maximum absolute atomic E-state index is 12.5. The van der Waals surface area contributed by atoms with Gasteiger partial charge in [-0.15, -0.1) is 10.2 Å². The summed E-state index contributed by atoms with van der Waals surface area (Å²) in [5.74, 6) is -0.119. The zero-order chi connectivity index (χ0) is 18.9. The predicted octanol–water partition coefficient (Wildman–Crippen LogP) is 2.99. The summed E-state index contributed by atoms with van der Waals surface area (Å²) >= 11 is 5.72. The summed E-state index contributed by atoms with van der Waals surface area (Å²) in [5.41, 5.74) is -0.0890. The second-order valence-electron chi connectivity index (χ2n) is 8.19. The van der Waals surface area contributed by atoms with Crippen LogP contribution in [-0.4, -0.2) is 63.8 Å². The van der Waals surface area contributed by atoms with Crippen molar-refractivity contribution in [1.29, 1.82) is 0 Å². The molecule has 7 nitrogen and oxygen atoms in total. The molecule has 2 aliphatic rings. The molecule has 0 unspecified atom stereocenters. The first-order valence-corrected chi connectivity index (χ1v) is 9.32. The number of ether oxygens (including phenoxy) is 1. The van der Waals surface area contributed by atoms with Crippen LogP contribution in [0.3, 0.4) is 0 Å². The molecular formula is C18H25ClN4O3. The third kappa shape index (κ3) is 4.26. The fraction of sp³-hybridized carbons (Fsp3) is 0.667. The van der Waals surface area contributed by atoms with E-state index in [2.05, 4.69) is 10.2 Å². The molecule has 2 saturated heterocycles. The summed E-state index contributed by atoms with van der Waals surface area (Å²) in [4.78, 5) is 28.4. The molecule has 0 aliphatic carbocycles. The summed E-state index contributed by atoms with van der Waals surface area (Å²) in [6.45, 7) is 8.36. The Bertz CT molecular complexity index is 679. The van der Waals surface area contributed by atoms with E-state index in [1.807, 2.05) is 20.8 Å². The highest BCUT2D eigenvalue weighted by Gasteiger charge is 2.43. The Morgan fingerprint density at radius 2 is 1.69 bits per heavy atom. The van der Waals surface area contributed by atoms with Crippen molar-refractivity contribution >= 4 is 23.6 Å². The molecule has 8 heteroatoms. The van der Waals surface area contributed by atoms with Crippen molar-refractivity contribution in [1.82, 2.24) is 20.0 Å². The van der Waals surface area contributed by atoms with Crippen LogP contribution in [0.4, 0.5) is 4.79 Å². The van der Waals surface area contributed by atoms with Crippen LogP contribution in [0.1, 0.15) is 50.5 Å². The third-order valence-electron chi connectivity index (χ3n) is 5.05. The van der Waals surface area contributed by atoms with Gasteiger partial charge < -0.3 is 14.5 Å². The van der Waals surface area contributed by atoms with Gasteiger partial charge in [-0.3, -0.25) is 4.79 Å². The van der Waals surface area contributed by atoms with Crippen molar-refractivity contribution in [2.75, 3.05) is 26.2 Å². The smallest absolute Gasteiger partial charge is 0.410 e. The largest absolute Gasteiger partial charge is 0.444 e. The molecule has 142 valence electrons. The Balaban J connectivity index is 1.56. The van der Waals surface area contributed by atoms with Crippen LogP contribution in [0, 0.1) is 5.41 Å². The molecule has 0 saturated carbocycles. The Hall–Kier alpha value is -1.89. The van der Waals surface area contributed by atoms with Crippen molar-refractivity contribution in [2.45, 2.75) is 45.6 Å². The molecule has 0 N–H and O–H groups in total. The summed E-state index contributed by atoms with van der Waals surface area (Å²) in [5, 5.41) is 7.87. The lowest BCUT2D eigenvalue weighted by atomic mass is 9.77. The molecule has 0 atom stereocenters. The average molecular weight is 381 g/mol. The second-order valence-corrected chi connectivity index (χ2v) is 8.57. The average Bonchev–Trinajstić information content (AvgIpc) is 2.98. The number of likely N-dealkylation sites (tertiary alicyclic amines) is 2. The van der Waals surface area contributed by atoms with E-state index in [4.69, 9.17) is 16.3 Å². The Labute approximate surface area is 158 Å². The first kappa shape index (κ1) is 18.9. The molecule has 0 bridgehead atoms. The van der Waals surface area contributed by atoms with E-state index in [1.54, 1.807) is 21.9 Å². The zero-order valence-corrected chi connectivity index (χ0v) is 16.3. The van der Waals surface area contributed by atoms with E-state index >= 15 is 0 Å². The van der Waals surface area contributed by atoms with Crippen LogP contribution in [0.25, 0.3) is 0 Å². The molecule has 0 aromatic carbocycles. The van der Waals surface area contributed by atoms with Crippen LogP contribution >= 0.6 is 11.6 Å². The van der Waals surface area contributed by atoms with Gasteiger partial charge >= 0.3 is 6.09 Å². The van der Waals surface area contributed by atoms with Crippen molar-refractivity contribution in [2.24, 2.45) is 5.41 Å². The minimum atomic E-state index is -0.484. The van der Waals surface area contributed by atoms with Crippen LogP contribution in [0.2, 0.25) is 5.15 Å². The molecule has 2 amide bonds. The van der Waals surface area contributed by atoms with Crippen molar-refractivity contribution < 1.29 is 14.3 Å². The number of hydrogen-bond acceptors (Lipinski definition) is 5. The monoisotopic (exact) mass is 380 g/mol. The fourth-order valence-corrected chi connectivity index (χ4v) is 3.70. The number of amides is 2. The molecule has 3 rings (SSSR count). The summed E-state index contributed by atoms with van der Waals surface area (Å²) in [7, 11) is 0. The third-order valence-corrected chi connectivity index (χ3v) is 5.25. The SMILES string of the molecule is CC(C)(C)OC(=O)N1CCC2(CCN(C(=O)c3ccc(Cl)nn3)CC2)C1. The van der Waals surface area contributed by atoms with Gasteiger partial charge in [-0.25, -0.2) is 4.79 Å². The van der Waals surface area contributed by atoms with Crippen LogP contribution in [-0.2, 0) is 4.74 Å². The van der Waals surface area contributed by atoms with Gasteiger partial charge in [-0.05, 0) is 57.6 Å². The maximum Gasteiger partial charge on any atom is 0.410 e. The summed E-state index contributed by atoms with van der Waals surface area (Å²) in [6.07, 6.45) is 2.46. The maximum atomic E-state index is 12.5. The molecule has 2 aliphatic heterocycles. The van der Waals surface area contributed by atoms with Crippen molar-refractivity contribution in [3.63, 3.8) is 0 Å². The second kappa shape index (κ2) is 7.02. The van der Waals surface area contributed by atoms with Crippen LogP contribution < -0.4 is 0 Å². The highest BCUT2D eigenvalue weighted by molar-refractivity contribution is 6.29. The number of piperidine rings is 1. The van der Waals surface area contributed by atoms with Gasteiger partial charge in [-0.2, -0.15) is 0 Å². The van der Waals surface area contributed by atoms with E-state index < -0.39 is 5.60 Å². The Morgan fingerprint density at radius 1 is 1.08 bits per heavy atom. The van der Waals surface area contributed by atoms with E-state index in [9.17, 15) is 9.59 Å². The van der Waals surface area contributed by atoms with Gasteiger partial charge in [0.25, 0.3) is 5.91 Å². The topological polar surface area (TPSA) is 75.6 Å². The lowest BCUT2D eigenvalue weighted by Crippen LogP contribution is -2.45. The Kier molecular flexibility index (Phi) is 5.10. The van der Waals surface area contributed by atoms with Gasteiger partial charge in [0, 0.05) is 26.2 Å². The van der Waals surface area contributed by atoms with Crippen molar-refractivity contribution in [3.8, 4) is 0 Å². The summed E-state index contributed by atoms with van der Waals surface area (Å²) < 4.78 is 5.48. The van der Waals surface area contributed by atoms with Gasteiger partial charge in [-0.1, -0.05) is 11.6 Å². The number of carbonyl (C=O) groups excluding carboxylic acids is 2. The Morgan fingerprint density at radius 3 is 2.23 bits per heavy atom. The predicted molar refractivity (Wildman–Crippen MR) is 97.0 cm³/mol. The molecule has 3 heterocycles. The normalized spacial score (nSPS) is 19.7. The number of hydrogen-bond donors (Lipinski definition) is 0. The van der Waals surface area contributed by atoms with Gasteiger partial charge in [0.2, 0.25) is 0 Å². The first-order valence-electron chi connectivity index (χ1n) is 8.94. The first-order chi connectivity index (χ1) is 12.2. The van der Waals surface area contributed by atoms with E-state index in [0.29, 0.717) is 31.9 Å². The van der Waals surface area contributed by atoms with Gasteiger partial charge in [0.1, 0.15) is 5.60 Å². The van der Waals surface area contributed by atoms with E-state index in [-0.39, 0.29) is 22.6 Å². The van der Waals surface area contributed by atoms with Crippen LogP contribution in [0.15, 0.2) is 12.1 Å². The van der Waals surface area contributed by atoms with Crippen molar-refractivity contribution in [3.05, 3.63) is 23.0 Å². The quantitative estimate of drug-likeness (QED) is 0.748. The molecule has 26 heavy (non-hydrogen) atoms. The zero-order valence-electron chi connectivity index (χ0n) is 15.5. The molecule has 1 aromatic heterocycles. The summed E-state index contributed by atoms with van der Waals surface area (Å²) in [6, 6.07) is 3.17. The highest BCUT2D eigenvalue weighted by atomic mass is 35.5. The molecule has 1 spiro atoms. The van der Waals surface area contributed by atoms with E-state index in [0.717, 1.165) is 19.3 Å². The van der Waals surface area contributed by atoms with Gasteiger partial charge in [0.05, 0.1) is 0 Å². The number of nitrogens with zero attached hydrogens (tertiary/aromatic N) is 4. The molecule has 1 aromatic rings. The minimum absolute atomic E-state index is 0.0827. The lowest BCUT2D eigenvalue weighted by Gasteiger charge is -2.39. The minimum Gasteiger partial charge on any atom is -0.444 e.